The molecule has 0 saturated heterocycles. The van der Waals surface area contributed by atoms with Crippen molar-refractivity contribution in [1.82, 2.24) is 5.32 Å². The van der Waals surface area contributed by atoms with Gasteiger partial charge in [-0.3, -0.25) is 4.79 Å². The van der Waals surface area contributed by atoms with E-state index in [4.69, 9.17) is 16.3 Å². The molecule has 0 heterocycles. The number of methoxy groups -OCH3 is 1. The van der Waals surface area contributed by atoms with Crippen LogP contribution in [0, 0.1) is 6.92 Å². The summed E-state index contributed by atoms with van der Waals surface area (Å²) in [6.07, 6.45) is 0. The van der Waals surface area contributed by atoms with E-state index in [-0.39, 0.29) is 11.9 Å². The fourth-order valence-electron chi connectivity index (χ4n) is 2.28. The number of aryl methyl sites for hydroxylation is 1. The van der Waals surface area contributed by atoms with Crippen LogP contribution in [0.5, 0.6) is 5.75 Å². The molecule has 3 nitrogen and oxygen atoms in total. The van der Waals surface area contributed by atoms with Crippen molar-refractivity contribution in [3.63, 3.8) is 0 Å². The Balaban J connectivity index is 2.22. The molecule has 1 amide bonds. The molecular weight excluding hydrogens is 286 g/mol. The first-order chi connectivity index (χ1) is 10.0. The molecule has 0 saturated carbocycles. The normalized spacial score (nSPS) is 11.8. The highest BCUT2D eigenvalue weighted by molar-refractivity contribution is 6.31. The van der Waals surface area contributed by atoms with E-state index in [0.717, 1.165) is 11.1 Å². The minimum Gasteiger partial charge on any atom is -0.496 e. The average molecular weight is 304 g/mol. The number of nitrogens with one attached hydrogen (secondary N) is 1. The number of ether oxygens (including phenoxy) is 1. The Bertz CT molecular complexity index is 655. The van der Waals surface area contributed by atoms with E-state index < -0.39 is 0 Å². The summed E-state index contributed by atoms with van der Waals surface area (Å²) in [6, 6.07) is 12.9. The Labute approximate surface area is 129 Å². The molecule has 0 aromatic heterocycles. The predicted octanol–water partition coefficient (Wildman–Crippen LogP) is 4.15. The molecule has 4 heteroatoms. The van der Waals surface area contributed by atoms with Crippen LogP contribution in [0.1, 0.15) is 34.5 Å². The standard InChI is InChI=1S/C17H18ClNO2/c1-11-6-4-5-7-14(11)12(2)19-17(20)15-10-13(18)8-9-16(15)21-3/h4-10,12H,1-3H3,(H,19,20). The number of carbonyl (C=O) groups is 1. The third-order valence-electron chi connectivity index (χ3n) is 3.41. The van der Waals surface area contributed by atoms with Crippen LogP contribution < -0.4 is 10.1 Å². The number of halogens is 1. The second kappa shape index (κ2) is 6.64. The quantitative estimate of drug-likeness (QED) is 0.921. The van der Waals surface area contributed by atoms with E-state index in [1.165, 1.54) is 7.11 Å². The number of rotatable bonds is 4. The second-order valence-electron chi connectivity index (χ2n) is 4.90. The summed E-state index contributed by atoms with van der Waals surface area (Å²) in [6.45, 7) is 3.98. The minimum absolute atomic E-state index is 0.0950. The number of hydrogen-bond donors (Lipinski definition) is 1. The molecule has 1 atom stereocenters. The van der Waals surface area contributed by atoms with Crippen molar-refractivity contribution < 1.29 is 9.53 Å². The van der Waals surface area contributed by atoms with Crippen LogP contribution in [0.3, 0.4) is 0 Å². The van der Waals surface area contributed by atoms with Gasteiger partial charge in [0, 0.05) is 5.02 Å². The van der Waals surface area contributed by atoms with Crippen LogP contribution in [0.4, 0.5) is 0 Å². The first-order valence-electron chi connectivity index (χ1n) is 6.73. The van der Waals surface area contributed by atoms with Crippen molar-refractivity contribution in [2.75, 3.05) is 7.11 Å². The van der Waals surface area contributed by atoms with Crippen molar-refractivity contribution in [3.05, 3.63) is 64.2 Å². The number of carbonyl (C=O) groups excluding carboxylic acids is 1. The lowest BCUT2D eigenvalue weighted by Gasteiger charge is -2.17. The third kappa shape index (κ3) is 3.56. The molecule has 2 aromatic carbocycles. The van der Waals surface area contributed by atoms with Gasteiger partial charge in [0.05, 0.1) is 18.7 Å². The molecule has 2 aromatic rings. The lowest BCUT2D eigenvalue weighted by atomic mass is 10.0. The van der Waals surface area contributed by atoms with Crippen molar-refractivity contribution in [3.8, 4) is 5.75 Å². The van der Waals surface area contributed by atoms with Crippen molar-refractivity contribution in [1.29, 1.82) is 0 Å². The molecule has 0 spiro atoms. The van der Waals surface area contributed by atoms with Gasteiger partial charge in [0.2, 0.25) is 0 Å². The van der Waals surface area contributed by atoms with Gasteiger partial charge in [-0.25, -0.2) is 0 Å². The summed E-state index contributed by atoms with van der Waals surface area (Å²) >= 11 is 5.96. The predicted molar refractivity (Wildman–Crippen MR) is 85.1 cm³/mol. The number of amides is 1. The van der Waals surface area contributed by atoms with Gasteiger partial charge in [-0.2, -0.15) is 0 Å². The van der Waals surface area contributed by atoms with Crippen LogP contribution in [0.2, 0.25) is 5.02 Å². The molecular formula is C17H18ClNO2. The highest BCUT2D eigenvalue weighted by Gasteiger charge is 2.16. The fraction of sp³-hybridized carbons (Fsp3) is 0.235. The molecule has 1 unspecified atom stereocenters. The summed E-state index contributed by atoms with van der Waals surface area (Å²) < 4.78 is 5.21. The molecule has 0 fully saturated rings. The highest BCUT2D eigenvalue weighted by atomic mass is 35.5. The van der Waals surface area contributed by atoms with Crippen molar-refractivity contribution >= 4 is 17.5 Å². The maximum Gasteiger partial charge on any atom is 0.255 e. The summed E-state index contributed by atoms with van der Waals surface area (Å²) in [7, 11) is 1.53. The Morgan fingerprint density at radius 2 is 1.95 bits per heavy atom. The van der Waals surface area contributed by atoms with Crippen molar-refractivity contribution in [2.45, 2.75) is 19.9 Å². The molecule has 110 valence electrons. The Morgan fingerprint density at radius 1 is 1.24 bits per heavy atom. The topological polar surface area (TPSA) is 38.3 Å². The summed E-state index contributed by atoms with van der Waals surface area (Å²) in [5, 5.41) is 3.48. The van der Waals surface area contributed by atoms with E-state index in [1.807, 2.05) is 38.1 Å². The zero-order valence-electron chi connectivity index (χ0n) is 12.3. The molecule has 0 radical (unpaired) electrons. The van der Waals surface area contributed by atoms with Gasteiger partial charge < -0.3 is 10.1 Å². The van der Waals surface area contributed by atoms with Gasteiger partial charge in [-0.1, -0.05) is 35.9 Å². The first kappa shape index (κ1) is 15.4. The zero-order valence-corrected chi connectivity index (χ0v) is 13.1. The molecule has 21 heavy (non-hydrogen) atoms. The lowest BCUT2D eigenvalue weighted by Crippen LogP contribution is -2.27. The molecule has 0 aliphatic carbocycles. The second-order valence-corrected chi connectivity index (χ2v) is 5.33. The minimum atomic E-state index is -0.204. The molecule has 1 N–H and O–H groups in total. The molecule has 0 aliphatic heterocycles. The van der Waals surface area contributed by atoms with Crippen LogP contribution in [0.15, 0.2) is 42.5 Å². The van der Waals surface area contributed by atoms with E-state index in [0.29, 0.717) is 16.3 Å². The summed E-state index contributed by atoms with van der Waals surface area (Å²) in [5.74, 6) is 0.305. The van der Waals surface area contributed by atoms with Gasteiger partial charge >= 0.3 is 0 Å². The van der Waals surface area contributed by atoms with Crippen LogP contribution in [-0.2, 0) is 0 Å². The summed E-state index contributed by atoms with van der Waals surface area (Å²) in [5.41, 5.74) is 2.67. The number of benzene rings is 2. The maximum absolute atomic E-state index is 12.4. The van der Waals surface area contributed by atoms with E-state index in [2.05, 4.69) is 5.32 Å². The lowest BCUT2D eigenvalue weighted by molar-refractivity contribution is 0.0937. The van der Waals surface area contributed by atoms with Gasteiger partial charge in [0.1, 0.15) is 5.75 Å². The largest absolute Gasteiger partial charge is 0.496 e. The molecule has 2 rings (SSSR count). The van der Waals surface area contributed by atoms with Gasteiger partial charge in [0.15, 0.2) is 0 Å². The Kier molecular flexibility index (Phi) is 4.86. The summed E-state index contributed by atoms with van der Waals surface area (Å²) in [4.78, 5) is 12.4. The maximum atomic E-state index is 12.4. The highest BCUT2D eigenvalue weighted by Crippen LogP contribution is 2.24. The van der Waals surface area contributed by atoms with Crippen LogP contribution in [-0.4, -0.2) is 13.0 Å². The third-order valence-corrected chi connectivity index (χ3v) is 3.64. The Hall–Kier alpha value is -2.00. The SMILES string of the molecule is COc1ccc(Cl)cc1C(=O)NC(C)c1ccccc1C. The zero-order chi connectivity index (χ0) is 15.4. The monoisotopic (exact) mass is 303 g/mol. The van der Waals surface area contributed by atoms with Crippen LogP contribution in [0.25, 0.3) is 0 Å². The first-order valence-corrected chi connectivity index (χ1v) is 7.10. The van der Waals surface area contributed by atoms with E-state index in [9.17, 15) is 4.79 Å². The number of hydrogen-bond acceptors (Lipinski definition) is 2. The van der Waals surface area contributed by atoms with Gasteiger partial charge in [-0.05, 0) is 43.2 Å². The van der Waals surface area contributed by atoms with Gasteiger partial charge in [-0.15, -0.1) is 0 Å². The molecule has 0 aliphatic rings. The fourth-order valence-corrected chi connectivity index (χ4v) is 2.45. The smallest absolute Gasteiger partial charge is 0.255 e. The van der Waals surface area contributed by atoms with Crippen molar-refractivity contribution in [2.24, 2.45) is 0 Å². The van der Waals surface area contributed by atoms with E-state index in [1.54, 1.807) is 18.2 Å². The average Bonchev–Trinajstić information content (AvgIpc) is 2.47. The van der Waals surface area contributed by atoms with Gasteiger partial charge in [0.25, 0.3) is 5.91 Å². The Morgan fingerprint density at radius 3 is 2.62 bits per heavy atom. The van der Waals surface area contributed by atoms with Crippen LogP contribution >= 0.6 is 11.6 Å². The van der Waals surface area contributed by atoms with E-state index >= 15 is 0 Å². The molecule has 0 bridgehead atoms.